The van der Waals surface area contributed by atoms with Crippen LogP contribution in [0.5, 0.6) is 5.75 Å². The van der Waals surface area contributed by atoms with Crippen LogP contribution in [0.3, 0.4) is 0 Å². The number of aromatic carboxylic acids is 1. The minimum atomic E-state index is -1.12. The maximum absolute atomic E-state index is 13.5. The lowest BCUT2D eigenvalue weighted by Gasteiger charge is -2.31. The minimum Gasteiger partial charge on any atom is -0.493 e. The Bertz CT molecular complexity index is 2110. The number of anilines is 2. The predicted molar refractivity (Wildman–Crippen MR) is 176 cm³/mol. The number of pyridine rings is 1. The van der Waals surface area contributed by atoms with Crippen LogP contribution in [0.25, 0.3) is 21.3 Å². The highest BCUT2D eigenvalue weighted by Gasteiger charge is 2.27. The van der Waals surface area contributed by atoms with Crippen LogP contribution in [-0.4, -0.2) is 49.9 Å². The van der Waals surface area contributed by atoms with Crippen molar-refractivity contribution < 1.29 is 19.4 Å². The van der Waals surface area contributed by atoms with Gasteiger partial charge in [-0.2, -0.15) is 5.10 Å². The number of fused-ring (bicyclic) bond motifs is 3. The Morgan fingerprint density at radius 1 is 0.978 bits per heavy atom. The summed E-state index contributed by atoms with van der Waals surface area (Å²) in [7, 11) is 0. The smallest absolute Gasteiger partial charge is 0.355 e. The Morgan fingerprint density at radius 2 is 1.85 bits per heavy atom. The summed E-state index contributed by atoms with van der Waals surface area (Å²) in [5, 5.41) is 18.4. The molecule has 228 valence electrons. The molecule has 46 heavy (non-hydrogen) atoms. The molecule has 0 fully saturated rings. The van der Waals surface area contributed by atoms with E-state index in [-0.39, 0.29) is 17.6 Å². The van der Waals surface area contributed by atoms with Crippen molar-refractivity contribution in [1.82, 2.24) is 19.7 Å². The number of benzene rings is 3. The van der Waals surface area contributed by atoms with Gasteiger partial charge in [-0.25, -0.2) is 14.8 Å². The van der Waals surface area contributed by atoms with Crippen LogP contribution in [0, 0.1) is 0 Å². The molecule has 2 aliphatic rings. The number of carbonyl (C=O) groups is 2. The van der Waals surface area contributed by atoms with Crippen molar-refractivity contribution in [2.75, 3.05) is 23.4 Å². The summed E-state index contributed by atoms with van der Waals surface area (Å²) in [5.41, 5.74) is 5.58. The first-order chi connectivity index (χ1) is 22.5. The Hall–Kier alpha value is -5.55. The van der Waals surface area contributed by atoms with Crippen molar-refractivity contribution in [2.45, 2.75) is 25.4 Å². The maximum atomic E-state index is 13.5. The summed E-state index contributed by atoms with van der Waals surface area (Å²) in [6.07, 6.45) is 5.03. The Kier molecular flexibility index (Phi) is 6.94. The lowest BCUT2D eigenvalue weighted by molar-refractivity contribution is 0.0691. The largest absolute Gasteiger partial charge is 0.493 e. The molecular formula is C35H28N6O4S. The number of para-hydroxylation sites is 2. The number of rotatable bonds is 6. The van der Waals surface area contributed by atoms with Crippen molar-refractivity contribution in [3.8, 4) is 16.9 Å². The summed E-state index contributed by atoms with van der Waals surface area (Å²) in [6.45, 7) is 1.64. The van der Waals surface area contributed by atoms with Gasteiger partial charge in [-0.3, -0.25) is 14.8 Å². The number of amides is 1. The molecule has 0 aliphatic carbocycles. The fourth-order valence-electron chi connectivity index (χ4n) is 6.35. The highest BCUT2D eigenvalue weighted by molar-refractivity contribution is 7.22. The molecular weight excluding hydrogens is 600 g/mol. The Balaban J connectivity index is 1.06. The molecule has 0 saturated heterocycles. The fraction of sp³-hybridized carbons (Fsp3) is 0.171. The second-order valence-corrected chi connectivity index (χ2v) is 12.4. The number of hydrogen-bond donors (Lipinski definition) is 2. The summed E-state index contributed by atoms with van der Waals surface area (Å²) >= 11 is 1.43. The molecule has 1 amide bonds. The van der Waals surface area contributed by atoms with Crippen molar-refractivity contribution in [1.29, 1.82) is 0 Å². The molecule has 3 aromatic heterocycles. The van der Waals surface area contributed by atoms with Gasteiger partial charge in [0.05, 0.1) is 29.1 Å². The average Bonchev–Trinajstić information content (AvgIpc) is 3.74. The molecule has 2 N–H and O–H groups in total. The third-order valence-corrected chi connectivity index (χ3v) is 9.55. The first-order valence-electron chi connectivity index (χ1n) is 15.0. The number of thiazole rings is 1. The monoisotopic (exact) mass is 628 g/mol. The quantitative estimate of drug-likeness (QED) is 0.216. The summed E-state index contributed by atoms with van der Waals surface area (Å²) < 4.78 is 8.69. The first-order valence-corrected chi connectivity index (χ1v) is 15.9. The van der Waals surface area contributed by atoms with E-state index in [2.05, 4.69) is 20.4 Å². The van der Waals surface area contributed by atoms with E-state index in [0.29, 0.717) is 53.8 Å². The number of carbonyl (C=O) groups excluding carboxylic acids is 1. The number of aromatic nitrogens is 4. The fourth-order valence-corrected chi connectivity index (χ4v) is 7.21. The van der Waals surface area contributed by atoms with Crippen LogP contribution >= 0.6 is 11.3 Å². The van der Waals surface area contributed by atoms with Crippen LogP contribution < -0.4 is 15.0 Å². The van der Waals surface area contributed by atoms with Crippen molar-refractivity contribution >= 4 is 44.4 Å². The van der Waals surface area contributed by atoms with E-state index in [1.165, 1.54) is 11.3 Å². The SMILES string of the molecule is O=C(Nc1nc2ccccc2s1)c1cccc2c1CN(c1ccc(-c3cnn(C4CCOc5ccccc54)c3)c(C(=O)O)n1)CC2. The van der Waals surface area contributed by atoms with Gasteiger partial charge < -0.3 is 14.7 Å². The van der Waals surface area contributed by atoms with Gasteiger partial charge in [-0.15, -0.1) is 0 Å². The number of ether oxygens (including phenoxy) is 1. The van der Waals surface area contributed by atoms with Crippen LogP contribution in [-0.2, 0) is 13.0 Å². The lowest BCUT2D eigenvalue weighted by atomic mass is 9.94. The Morgan fingerprint density at radius 3 is 2.74 bits per heavy atom. The van der Waals surface area contributed by atoms with E-state index < -0.39 is 5.97 Å². The Labute approximate surface area is 267 Å². The molecule has 0 spiro atoms. The second kappa shape index (κ2) is 11.4. The normalized spacial score (nSPS) is 15.6. The standard InChI is InChI=1S/C35H28N6O4S/c42-33(39-35-37-27-9-2-4-11-30(27)46-35)24-8-5-6-21-14-16-40(20-26(21)24)31-13-12-23(32(38-31)34(43)44)22-18-36-41(19-22)28-15-17-45-29-10-3-1-7-25(28)29/h1-13,18-19,28H,14-17,20H2,(H,43,44)(H,37,39,42). The second-order valence-electron chi connectivity index (χ2n) is 11.3. The molecule has 0 saturated carbocycles. The zero-order valence-corrected chi connectivity index (χ0v) is 25.4. The van der Waals surface area contributed by atoms with E-state index in [4.69, 9.17) is 4.74 Å². The first kappa shape index (κ1) is 28.0. The van der Waals surface area contributed by atoms with E-state index in [1.54, 1.807) is 12.3 Å². The van der Waals surface area contributed by atoms with Crippen LogP contribution in [0.1, 0.15) is 50.0 Å². The summed E-state index contributed by atoms with van der Waals surface area (Å²) in [6, 6.07) is 25.1. The van der Waals surface area contributed by atoms with Gasteiger partial charge in [-0.05, 0) is 53.9 Å². The van der Waals surface area contributed by atoms with Crippen molar-refractivity contribution in [3.63, 3.8) is 0 Å². The van der Waals surface area contributed by atoms with Crippen LogP contribution in [0.15, 0.2) is 91.3 Å². The van der Waals surface area contributed by atoms with Crippen molar-refractivity contribution in [2.24, 2.45) is 0 Å². The minimum absolute atomic E-state index is 0.00585. The van der Waals surface area contributed by atoms with Crippen LogP contribution in [0.4, 0.5) is 10.9 Å². The maximum Gasteiger partial charge on any atom is 0.355 e. The number of nitrogens with one attached hydrogen (secondary N) is 1. The molecule has 2 aliphatic heterocycles. The van der Waals surface area contributed by atoms with Gasteiger partial charge in [-0.1, -0.05) is 53.8 Å². The predicted octanol–water partition coefficient (Wildman–Crippen LogP) is 6.44. The number of carboxylic acids is 1. The molecule has 1 atom stereocenters. The average molecular weight is 629 g/mol. The van der Waals surface area contributed by atoms with E-state index in [9.17, 15) is 14.7 Å². The zero-order chi connectivity index (χ0) is 31.2. The lowest BCUT2D eigenvalue weighted by Crippen LogP contribution is -2.33. The third-order valence-electron chi connectivity index (χ3n) is 8.60. The third kappa shape index (κ3) is 5.04. The van der Waals surface area contributed by atoms with E-state index >= 15 is 0 Å². The molecule has 0 radical (unpaired) electrons. The molecule has 11 heteroatoms. The molecule has 5 heterocycles. The number of nitrogens with zero attached hydrogens (tertiary/aromatic N) is 5. The summed E-state index contributed by atoms with van der Waals surface area (Å²) in [5.74, 6) is 0.0400. The van der Waals surface area contributed by atoms with Gasteiger partial charge in [0.2, 0.25) is 0 Å². The van der Waals surface area contributed by atoms with E-state index in [0.717, 1.165) is 39.1 Å². The topological polar surface area (TPSA) is 122 Å². The zero-order valence-electron chi connectivity index (χ0n) is 24.6. The highest BCUT2D eigenvalue weighted by atomic mass is 32.1. The number of hydrogen-bond acceptors (Lipinski definition) is 8. The van der Waals surface area contributed by atoms with Crippen LogP contribution in [0.2, 0.25) is 0 Å². The van der Waals surface area contributed by atoms with Gasteiger partial charge in [0, 0.05) is 48.0 Å². The highest BCUT2D eigenvalue weighted by Crippen LogP contribution is 2.36. The molecule has 1 unspecified atom stereocenters. The van der Waals surface area contributed by atoms with Gasteiger partial charge >= 0.3 is 5.97 Å². The van der Waals surface area contributed by atoms with Crippen molar-refractivity contribution in [3.05, 3.63) is 119 Å². The molecule has 3 aromatic carbocycles. The van der Waals surface area contributed by atoms with E-state index in [1.807, 2.05) is 88.6 Å². The molecule has 8 rings (SSSR count). The molecule has 6 aromatic rings. The molecule has 0 bridgehead atoms. The van der Waals surface area contributed by atoms with Gasteiger partial charge in [0.1, 0.15) is 11.6 Å². The van der Waals surface area contributed by atoms with Gasteiger partial charge in [0.15, 0.2) is 10.8 Å². The summed E-state index contributed by atoms with van der Waals surface area (Å²) in [4.78, 5) is 37.2. The van der Waals surface area contributed by atoms with Gasteiger partial charge in [0.25, 0.3) is 5.91 Å². The number of carboxylic acid groups (broad SMARTS) is 1. The molecule has 10 nitrogen and oxygen atoms in total.